The molecular formula is C21H24N4O2. The maximum atomic E-state index is 11.9. The lowest BCUT2D eigenvalue weighted by Gasteiger charge is -2.09. The van der Waals surface area contributed by atoms with Gasteiger partial charge in [-0.3, -0.25) is 0 Å². The highest BCUT2D eigenvalue weighted by Gasteiger charge is 2.11. The molecule has 1 aromatic heterocycles. The van der Waals surface area contributed by atoms with Crippen LogP contribution >= 0.6 is 0 Å². The van der Waals surface area contributed by atoms with Gasteiger partial charge in [0.05, 0.1) is 6.42 Å². The lowest BCUT2D eigenvalue weighted by atomic mass is 10.1. The maximum Gasteiger partial charge on any atom is 0.319 e. The monoisotopic (exact) mass is 364 g/mol. The van der Waals surface area contributed by atoms with Gasteiger partial charge in [0.1, 0.15) is 0 Å². The molecule has 0 fully saturated rings. The Morgan fingerprint density at radius 1 is 1.15 bits per heavy atom. The van der Waals surface area contributed by atoms with E-state index >= 15 is 0 Å². The van der Waals surface area contributed by atoms with Crippen molar-refractivity contribution in [2.45, 2.75) is 27.2 Å². The summed E-state index contributed by atoms with van der Waals surface area (Å²) in [6.07, 6.45) is 0.586. The average Bonchev–Trinajstić information content (AvgIpc) is 3.11. The summed E-state index contributed by atoms with van der Waals surface area (Å²) in [6.45, 7) is 6.77. The van der Waals surface area contributed by atoms with Crippen molar-refractivity contribution < 1.29 is 9.32 Å². The Labute approximate surface area is 159 Å². The molecule has 2 aromatic carbocycles. The number of rotatable bonds is 6. The first-order chi connectivity index (χ1) is 13.0. The molecule has 140 valence electrons. The van der Waals surface area contributed by atoms with Crippen molar-refractivity contribution >= 4 is 11.7 Å². The van der Waals surface area contributed by atoms with Crippen molar-refractivity contribution in [1.29, 1.82) is 0 Å². The van der Waals surface area contributed by atoms with Gasteiger partial charge in [-0.25, -0.2) is 4.79 Å². The number of amides is 2. The van der Waals surface area contributed by atoms with Crippen LogP contribution in [-0.4, -0.2) is 22.7 Å². The Morgan fingerprint density at radius 2 is 1.93 bits per heavy atom. The standard InChI is InChI=1S/C21H24N4O2/c1-14(2)13-22-21(26)23-18-6-4-5-17(12-18)20-24-19(27-25-20)11-16-9-7-15(3)8-10-16/h4-10,12,14H,11,13H2,1-3H3,(H2,22,23,26). The summed E-state index contributed by atoms with van der Waals surface area (Å²) in [5.74, 6) is 1.46. The van der Waals surface area contributed by atoms with Crippen molar-refractivity contribution in [2.24, 2.45) is 5.92 Å². The van der Waals surface area contributed by atoms with Gasteiger partial charge < -0.3 is 15.2 Å². The normalized spacial score (nSPS) is 10.8. The number of aromatic nitrogens is 2. The van der Waals surface area contributed by atoms with Crippen LogP contribution in [0.1, 0.15) is 30.9 Å². The van der Waals surface area contributed by atoms with Gasteiger partial charge in [0, 0.05) is 17.8 Å². The summed E-state index contributed by atoms with van der Waals surface area (Å²) in [5.41, 5.74) is 3.80. The zero-order valence-corrected chi connectivity index (χ0v) is 15.8. The minimum atomic E-state index is -0.228. The minimum absolute atomic E-state index is 0.228. The number of nitrogens with zero attached hydrogens (tertiary/aromatic N) is 2. The molecule has 0 saturated heterocycles. The van der Waals surface area contributed by atoms with E-state index in [0.29, 0.717) is 36.3 Å². The second-order valence-corrected chi connectivity index (χ2v) is 6.98. The van der Waals surface area contributed by atoms with Crippen LogP contribution in [0.3, 0.4) is 0 Å². The predicted octanol–water partition coefficient (Wildman–Crippen LogP) is 4.41. The number of urea groups is 1. The summed E-state index contributed by atoms with van der Waals surface area (Å²) >= 11 is 0. The van der Waals surface area contributed by atoms with Gasteiger partial charge in [0.15, 0.2) is 0 Å². The van der Waals surface area contributed by atoms with E-state index in [4.69, 9.17) is 4.52 Å². The highest BCUT2D eigenvalue weighted by Crippen LogP contribution is 2.21. The van der Waals surface area contributed by atoms with Crippen LogP contribution in [0, 0.1) is 12.8 Å². The molecule has 27 heavy (non-hydrogen) atoms. The van der Waals surface area contributed by atoms with E-state index in [1.807, 2.05) is 38.1 Å². The number of aryl methyl sites for hydroxylation is 1. The second kappa shape index (κ2) is 8.49. The smallest absolute Gasteiger partial charge is 0.319 e. The molecule has 6 nitrogen and oxygen atoms in total. The van der Waals surface area contributed by atoms with Gasteiger partial charge >= 0.3 is 6.03 Å². The van der Waals surface area contributed by atoms with Gasteiger partial charge in [-0.15, -0.1) is 0 Å². The van der Waals surface area contributed by atoms with Gasteiger partial charge in [-0.05, 0) is 30.5 Å². The fraction of sp³-hybridized carbons (Fsp3) is 0.286. The van der Waals surface area contributed by atoms with E-state index in [1.54, 1.807) is 0 Å². The van der Waals surface area contributed by atoms with E-state index in [2.05, 4.69) is 52.0 Å². The fourth-order valence-corrected chi connectivity index (χ4v) is 2.53. The quantitative estimate of drug-likeness (QED) is 0.679. The topological polar surface area (TPSA) is 80.0 Å². The van der Waals surface area contributed by atoms with Crippen LogP contribution in [0.4, 0.5) is 10.5 Å². The Hall–Kier alpha value is -3.15. The highest BCUT2D eigenvalue weighted by molar-refractivity contribution is 5.89. The minimum Gasteiger partial charge on any atom is -0.339 e. The van der Waals surface area contributed by atoms with E-state index in [-0.39, 0.29) is 6.03 Å². The molecule has 0 saturated carbocycles. The Balaban J connectivity index is 1.67. The number of anilines is 1. The highest BCUT2D eigenvalue weighted by atomic mass is 16.5. The molecule has 2 amide bonds. The molecule has 0 bridgehead atoms. The molecule has 0 radical (unpaired) electrons. The van der Waals surface area contributed by atoms with Crippen molar-refractivity contribution in [3.05, 3.63) is 65.5 Å². The molecule has 3 aromatic rings. The molecule has 0 atom stereocenters. The van der Waals surface area contributed by atoms with Crippen LogP contribution < -0.4 is 10.6 Å². The van der Waals surface area contributed by atoms with Crippen molar-refractivity contribution in [3.8, 4) is 11.4 Å². The van der Waals surface area contributed by atoms with Gasteiger partial charge in [-0.2, -0.15) is 4.98 Å². The van der Waals surface area contributed by atoms with Crippen molar-refractivity contribution in [3.63, 3.8) is 0 Å². The van der Waals surface area contributed by atoms with Crippen LogP contribution in [0.25, 0.3) is 11.4 Å². The lowest BCUT2D eigenvalue weighted by Crippen LogP contribution is -2.31. The fourth-order valence-electron chi connectivity index (χ4n) is 2.53. The lowest BCUT2D eigenvalue weighted by molar-refractivity contribution is 0.251. The second-order valence-electron chi connectivity index (χ2n) is 6.98. The Kier molecular flexibility index (Phi) is 5.86. The van der Waals surface area contributed by atoms with E-state index < -0.39 is 0 Å². The molecule has 0 aliphatic rings. The van der Waals surface area contributed by atoms with Crippen LogP contribution in [0.2, 0.25) is 0 Å². The number of nitrogens with one attached hydrogen (secondary N) is 2. The van der Waals surface area contributed by atoms with Crippen molar-refractivity contribution in [1.82, 2.24) is 15.5 Å². The van der Waals surface area contributed by atoms with Gasteiger partial charge in [-0.1, -0.05) is 61.0 Å². The zero-order chi connectivity index (χ0) is 19.2. The van der Waals surface area contributed by atoms with Crippen LogP contribution in [-0.2, 0) is 6.42 Å². The molecular weight excluding hydrogens is 340 g/mol. The zero-order valence-electron chi connectivity index (χ0n) is 15.8. The summed E-state index contributed by atoms with van der Waals surface area (Å²) in [4.78, 5) is 16.4. The number of carbonyl (C=O) groups is 1. The van der Waals surface area contributed by atoms with Crippen LogP contribution in [0.5, 0.6) is 0 Å². The third kappa shape index (κ3) is 5.41. The Bertz CT molecular complexity index is 901. The molecule has 0 aliphatic carbocycles. The molecule has 0 aliphatic heterocycles. The molecule has 0 spiro atoms. The first-order valence-corrected chi connectivity index (χ1v) is 9.03. The average molecular weight is 364 g/mol. The molecule has 6 heteroatoms. The first-order valence-electron chi connectivity index (χ1n) is 9.03. The van der Waals surface area contributed by atoms with E-state index in [1.165, 1.54) is 5.56 Å². The van der Waals surface area contributed by atoms with Gasteiger partial charge in [0.25, 0.3) is 0 Å². The number of hydrogen-bond acceptors (Lipinski definition) is 4. The number of carbonyl (C=O) groups excluding carboxylic acids is 1. The van der Waals surface area contributed by atoms with E-state index in [9.17, 15) is 4.79 Å². The summed E-state index contributed by atoms with van der Waals surface area (Å²) in [5, 5.41) is 9.71. The summed E-state index contributed by atoms with van der Waals surface area (Å²) < 4.78 is 5.38. The van der Waals surface area contributed by atoms with Crippen LogP contribution in [0.15, 0.2) is 53.1 Å². The predicted molar refractivity (Wildman–Crippen MR) is 106 cm³/mol. The SMILES string of the molecule is Cc1ccc(Cc2nc(-c3cccc(NC(=O)NCC(C)C)c3)no2)cc1. The van der Waals surface area contributed by atoms with Gasteiger partial charge in [0.2, 0.25) is 11.7 Å². The van der Waals surface area contributed by atoms with E-state index in [0.717, 1.165) is 11.1 Å². The summed E-state index contributed by atoms with van der Waals surface area (Å²) in [6, 6.07) is 15.4. The molecule has 1 heterocycles. The molecule has 0 unspecified atom stereocenters. The Morgan fingerprint density at radius 3 is 2.67 bits per heavy atom. The molecule has 3 rings (SSSR count). The first kappa shape index (κ1) is 18.6. The number of benzene rings is 2. The van der Waals surface area contributed by atoms with Crippen molar-refractivity contribution in [2.75, 3.05) is 11.9 Å². The molecule has 2 N–H and O–H groups in total. The number of hydrogen-bond donors (Lipinski definition) is 2. The summed E-state index contributed by atoms with van der Waals surface area (Å²) in [7, 11) is 0. The largest absolute Gasteiger partial charge is 0.339 e. The third-order valence-corrected chi connectivity index (χ3v) is 3.99. The maximum absolute atomic E-state index is 11.9. The third-order valence-electron chi connectivity index (χ3n) is 3.99.